The number of piperidine rings is 1. The Balaban J connectivity index is 1.66. The van der Waals surface area contributed by atoms with Gasteiger partial charge < -0.3 is 10.6 Å². The lowest BCUT2D eigenvalue weighted by Gasteiger charge is -2.36. The molecule has 1 saturated heterocycles. The number of nitrogens with zero attached hydrogens (tertiary/aromatic N) is 3. The molecule has 1 amide bonds. The largest absolute Gasteiger partial charge is 0.368 e. The summed E-state index contributed by atoms with van der Waals surface area (Å²) in [5.74, 6) is -0.0882. The molecule has 0 unspecified atom stereocenters. The maximum absolute atomic E-state index is 13.2. The number of aromatic nitrogens is 2. The Morgan fingerprint density at radius 1 is 1.10 bits per heavy atom. The van der Waals surface area contributed by atoms with Crippen molar-refractivity contribution in [3.05, 3.63) is 77.9 Å². The predicted molar refractivity (Wildman–Crippen MR) is 110 cm³/mol. The number of nitrogens with two attached hydrogens (primary N) is 1. The molecule has 0 bridgehead atoms. The van der Waals surface area contributed by atoms with Gasteiger partial charge in [-0.25, -0.2) is 14.4 Å². The SMILES string of the molecule is Nc1ncc(-c2ccccc2)c([C@@H]2CCCCN2C(=O)Cc2ccc(F)cc2)n1. The Bertz CT molecular complexity index is 992. The molecule has 2 N–H and O–H groups in total. The molecule has 0 saturated carbocycles. The summed E-state index contributed by atoms with van der Waals surface area (Å²) in [6.45, 7) is 0.669. The number of nitrogen functional groups attached to an aromatic ring is 1. The number of carbonyl (C=O) groups is 1. The number of hydrogen-bond donors (Lipinski definition) is 1. The summed E-state index contributed by atoms with van der Waals surface area (Å²) in [6, 6.07) is 15.8. The quantitative estimate of drug-likeness (QED) is 0.726. The van der Waals surface area contributed by atoms with Gasteiger partial charge in [-0.2, -0.15) is 0 Å². The van der Waals surface area contributed by atoms with Crippen LogP contribution in [-0.2, 0) is 11.2 Å². The third-order valence-electron chi connectivity index (χ3n) is 5.33. The molecule has 29 heavy (non-hydrogen) atoms. The van der Waals surface area contributed by atoms with Crippen LogP contribution in [0.5, 0.6) is 0 Å². The first-order chi connectivity index (χ1) is 14.1. The van der Waals surface area contributed by atoms with Crippen molar-refractivity contribution >= 4 is 11.9 Å². The Labute approximate surface area is 169 Å². The summed E-state index contributed by atoms with van der Waals surface area (Å²) in [7, 11) is 0. The summed E-state index contributed by atoms with van der Waals surface area (Å²) < 4.78 is 13.2. The number of hydrogen-bond acceptors (Lipinski definition) is 4. The lowest BCUT2D eigenvalue weighted by molar-refractivity contribution is -0.134. The van der Waals surface area contributed by atoms with Crippen molar-refractivity contribution in [2.75, 3.05) is 12.3 Å². The summed E-state index contributed by atoms with van der Waals surface area (Å²) in [5.41, 5.74) is 9.39. The van der Waals surface area contributed by atoms with E-state index >= 15 is 0 Å². The second-order valence-corrected chi connectivity index (χ2v) is 7.30. The van der Waals surface area contributed by atoms with Crippen LogP contribution in [0.4, 0.5) is 10.3 Å². The van der Waals surface area contributed by atoms with Crippen molar-refractivity contribution in [2.45, 2.75) is 31.7 Å². The fraction of sp³-hybridized carbons (Fsp3) is 0.261. The van der Waals surface area contributed by atoms with E-state index in [2.05, 4.69) is 9.97 Å². The average Bonchev–Trinajstić information content (AvgIpc) is 2.76. The van der Waals surface area contributed by atoms with Crippen LogP contribution in [0.2, 0.25) is 0 Å². The van der Waals surface area contributed by atoms with Gasteiger partial charge in [0.25, 0.3) is 0 Å². The molecule has 6 heteroatoms. The second-order valence-electron chi connectivity index (χ2n) is 7.30. The molecule has 1 aliphatic rings. The van der Waals surface area contributed by atoms with E-state index in [1.807, 2.05) is 35.2 Å². The minimum absolute atomic E-state index is 0.0116. The van der Waals surface area contributed by atoms with Crippen LogP contribution >= 0.6 is 0 Å². The molecule has 4 rings (SSSR count). The molecule has 0 aliphatic carbocycles. The first-order valence-electron chi connectivity index (χ1n) is 9.83. The van der Waals surface area contributed by atoms with Gasteiger partial charge in [-0.05, 0) is 42.5 Å². The highest BCUT2D eigenvalue weighted by atomic mass is 19.1. The van der Waals surface area contributed by atoms with Crippen LogP contribution in [0, 0.1) is 5.82 Å². The lowest BCUT2D eigenvalue weighted by atomic mass is 9.93. The van der Waals surface area contributed by atoms with Gasteiger partial charge in [0.05, 0.1) is 18.2 Å². The zero-order valence-corrected chi connectivity index (χ0v) is 16.1. The molecule has 1 aliphatic heterocycles. The Kier molecular flexibility index (Phi) is 5.51. The number of benzene rings is 2. The van der Waals surface area contributed by atoms with Gasteiger partial charge in [0.2, 0.25) is 11.9 Å². The number of likely N-dealkylation sites (tertiary alicyclic amines) is 1. The van der Waals surface area contributed by atoms with E-state index in [4.69, 9.17) is 5.73 Å². The monoisotopic (exact) mass is 390 g/mol. The third kappa shape index (κ3) is 4.26. The topological polar surface area (TPSA) is 72.1 Å². The van der Waals surface area contributed by atoms with Gasteiger partial charge in [-0.1, -0.05) is 42.5 Å². The number of rotatable bonds is 4. The Morgan fingerprint density at radius 3 is 2.62 bits per heavy atom. The zero-order valence-electron chi connectivity index (χ0n) is 16.1. The van der Waals surface area contributed by atoms with E-state index < -0.39 is 0 Å². The summed E-state index contributed by atoms with van der Waals surface area (Å²) >= 11 is 0. The molecule has 1 aromatic heterocycles. The third-order valence-corrected chi connectivity index (χ3v) is 5.33. The first kappa shape index (κ1) is 19.1. The van der Waals surface area contributed by atoms with Crippen LogP contribution in [0.25, 0.3) is 11.1 Å². The van der Waals surface area contributed by atoms with Crippen molar-refractivity contribution < 1.29 is 9.18 Å². The Morgan fingerprint density at radius 2 is 1.86 bits per heavy atom. The average molecular weight is 390 g/mol. The van der Waals surface area contributed by atoms with E-state index in [0.717, 1.165) is 41.6 Å². The molecular weight excluding hydrogens is 367 g/mol. The molecule has 1 fully saturated rings. The van der Waals surface area contributed by atoms with E-state index in [1.54, 1.807) is 18.3 Å². The van der Waals surface area contributed by atoms with Crippen molar-refractivity contribution in [3.63, 3.8) is 0 Å². The fourth-order valence-corrected chi connectivity index (χ4v) is 3.90. The van der Waals surface area contributed by atoms with Crippen LogP contribution in [0.1, 0.15) is 36.6 Å². The zero-order chi connectivity index (χ0) is 20.2. The molecule has 3 aromatic rings. The van der Waals surface area contributed by atoms with Crippen LogP contribution in [0.3, 0.4) is 0 Å². The van der Waals surface area contributed by atoms with E-state index in [-0.39, 0.29) is 30.1 Å². The predicted octanol–water partition coefficient (Wildman–Crippen LogP) is 4.16. The molecular formula is C23H23FN4O. The fourth-order valence-electron chi connectivity index (χ4n) is 3.90. The van der Waals surface area contributed by atoms with E-state index in [0.29, 0.717) is 6.54 Å². The summed E-state index contributed by atoms with van der Waals surface area (Å²) in [4.78, 5) is 23.7. The van der Waals surface area contributed by atoms with Gasteiger partial charge in [-0.3, -0.25) is 4.79 Å². The van der Waals surface area contributed by atoms with Gasteiger partial charge in [0.1, 0.15) is 5.82 Å². The van der Waals surface area contributed by atoms with Crippen molar-refractivity contribution in [2.24, 2.45) is 0 Å². The highest BCUT2D eigenvalue weighted by molar-refractivity contribution is 5.80. The molecule has 0 spiro atoms. The number of carbonyl (C=O) groups excluding carboxylic acids is 1. The Hall–Kier alpha value is -3.28. The van der Waals surface area contributed by atoms with Crippen LogP contribution < -0.4 is 5.73 Å². The van der Waals surface area contributed by atoms with Gasteiger partial charge in [0.15, 0.2) is 0 Å². The van der Waals surface area contributed by atoms with Gasteiger partial charge >= 0.3 is 0 Å². The maximum Gasteiger partial charge on any atom is 0.227 e. The van der Waals surface area contributed by atoms with E-state index in [1.165, 1.54) is 12.1 Å². The smallest absolute Gasteiger partial charge is 0.227 e. The van der Waals surface area contributed by atoms with Crippen molar-refractivity contribution in [1.29, 1.82) is 0 Å². The number of amides is 1. The van der Waals surface area contributed by atoms with Crippen molar-refractivity contribution in [3.8, 4) is 11.1 Å². The molecule has 148 valence electrons. The molecule has 5 nitrogen and oxygen atoms in total. The summed E-state index contributed by atoms with van der Waals surface area (Å²) in [6.07, 6.45) is 4.77. The minimum Gasteiger partial charge on any atom is -0.368 e. The molecule has 0 radical (unpaired) electrons. The minimum atomic E-state index is -0.305. The second kappa shape index (κ2) is 8.39. The maximum atomic E-state index is 13.2. The number of halogens is 1. The number of anilines is 1. The highest BCUT2D eigenvalue weighted by Crippen LogP contribution is 2.36. The van der Waals surface area contributed by atoms with E-state index in [9.17, 15) is 9.18 Å². The van der Waals surface area contributed by atoms with Crippen molar-refractivity contribution in [1.82, 2.24) is 14.9 Å². The molecule has 1 atom stereocenters. The van der Waals surface area contributed by atoms with Gasteiger partial charge in [0, 0.05) is 18.3 Å². The normalized spacial score (nSPS) is 16.6. The lowest BCUT2D eigenvalue weighted by Crippen LogP contribution is -2.40. The standard InChI is InChI=1S/C23H23FN4O/c24-18-11-9-16(10-12-18)14-21(29)28-13-5-4-8-20(28)22-19(15-26-23(25)27-22)17-6-2-1-3-7-17/h1-3,6-7,9-12,15,20H,4-5,8,13-14H2,(H2,25,26,27)/t20-/m0/s1. The summed E-state index contributed by atoms with van der Waals surface area (Å²) in [5, 5.41) is 0. The van der Waals surface area contributed by atoms with Crippen LogP contribution in [-0.4, -0.2) is 27.3 Å². The van der Waals surface area contributed by atoms with Crippen LogP contribution in [0.15, 0.2) is 60.8 Å². The van der Waals surface area contributed by atoms with Gasteiger partial charge in [-0.15, -0.1) is 0 Å². The highest BCUT2D eigenvalue weighted by Gasteiger charge is 2.31. The first-order valence-corrected chi connectivity index (χ1v) is 9.83. The molecule has 2 aromatic carbocycles. The molecule has 2 heterocycles.